The largest absolute Gasteiger partial charge is 0.399 e. The first kappa shape index (κ1) is 14.6. The van der Waals surface area contributed by atoms with E-state index in [4.69, 9.17) is 22.1 Å². The number of halogens is 1. The summed E-state index contributed by atoms with van der Waals surface area (Å²) in [6, 6.07) is 4.88. The molecular formula is C13H16ClN3O3. The van der Waals surface area contributed by atoms with Crippen LogP contribution in [0.2, 0.25) is 5.02 Å². The van der Waals surface area contributed by atoms with E-state index in [0.717, 1.165) is 0 Å². The molecule has 0 unspecified atom stereocenters. The summed E-state index contributed by atoms with van der Waals surface area (Å²) in [6.45, 7) is 1.50. The lowest BCUT2D eigenvalue weighted by Crippen LogP contribution is -2.42. The lowest BCUT2D eigenvalue weighted by molar-refractivity contribution is -0.142. The van der Waals surface area contributed by atoms with Crippen molar-refractivity contribution in [3.63, 3.8) is 0 Å². The van der Waals surface area contributed by atoms with Crippen molar-refractivity contribution in [3.05, 3.63) is 23.2 Å². The molecule has 0 bridgehead atoms. The highest BCUT2D eigenvalue weighted by molar-refractivity contribution is 6.34. The van der Waals surface area contributed by atoms with Gasteiger partial charge in [0.2, 0.25) is 11.8 Å². The number of nitrogens with one attached hydrogen (secondary N) is 1. The van der Waals surface area contributed by atoms with Gasteiger partial charge in [0.1, 0.15) is 6.61 Å². The van der Waals surface area contributed by atoms with Gasteiger partial charge in [-0.25, -0.2) is 0 Å². The number of hydrogen-bond donors (Lipinski definition) is 2. The summed E-state index contributed by atoms with van der Waals surface area (Å²) in [4.78, 5) is 24.9. The molecule has 0 spiro atoms. The molecule has 6 nitrogen and oxygen atoms in total. The molecule has 0 aliphatic carbocycles. The number of hydrogen-bond acceptors (Lipinski definition) is 4. The Labute approximate surface area is 121 Å². The number of amides is 2. The van der Waals surface area contributed by atoms with Gasteiger partial charge in [0.15, 0.2) is 0 Å². The molecule has 2 rings (SSSR count). The minimum absolute atomic E-state index is 0.0884. The molecule has 2 amide bonds. The van der Waals surface area contributed by atoms with Gasteiger partial charge in [0, 0.05) is 25.2 Å². The zero-order chi connectivity index (χ0) is 14.5. The second-order valence-electron chi connectivity index (χ2n) is 4.47. The Bertz CT molecular complexity index is 522. The van der Waals surface area contributed by atoms with Gasteiger partial charge in [-0.1, -0.05) is 11.6 Å². The summed E-state index contributed by atoms with van der Waals surface area (Å²) in [6.07, 6.45) is 0.215. The fourth-order valence-electron chi connectivity index (χ4n) is 1.87. The number of nitrogens with two attached hydrogens (primary N) is 1. The van der Waals surface area contributed by atoms with E-state index >= 15 is 0 Å². The molecule has 1 heterocycles. The molecule has 0 aromatic heterocycles. The average molecular weight is 298 g/mol. The monoisotopic (exact) mass is 297 g/mol. The van der Waals surface area contributed by atoms with Crippen LogP contribution < -0.4 is 11.1 Å². The van der Waals surface area contributed by atoms with Crippen LogP contribution >= 0.6 is 11.6 Å². The molecular weight excluding hydrogens is 282 g/mol. The lowest BCUT2D eigenvalue weighted by Gasteiger charge is -2.26. The van der Waals surface area contributed by atoms with Gasteiger partial charge in [-0.05, 0) is 18.2 Å². The van der Waals surface area contributed by atoms with Gasteiger partial charge in [-0.2, -0.15) is 0 Å². The van der Waals surface area contributed by atoms with Gasteiger partial charge in [-0.15, -0.1) is 0 Å². The first-order chi connectivity index (χ1) is 9.56. The van der Waals surface area contributed by atoms with E-state index in [-0.39, 0.29) is 24.8 Å². The van der Waals surface area contributed by atoms with Crippen LogP contribution in [0, 0.1) is 0 Å². The molecule has 108 valence electrons. The number of morpholine rings is 1. The summed E-state index contributed by atoms with van der Waals surface area (Å²) >= 11 is 5.97. The molecule has 0 radical (unpaired) electrons. The van der Waals surface area contributed by atoms with Crippen molar-refractivity contribution in [1.29, 1.82) is 0 Å². The van der Waals surface area contributed by atoms with E-state index in [1.165, 1.54) is 0 Å². The predicted octanol–water partition coefficient (Wildman–Crippen LogP) is 1.11. The van der Waals surface area contributed by atoms with E-state index in [0.29, 0.717) is 36.1 Å². The van der Waals surface area contributed by atoms with Gasteiger partial charge < -0.3 is 20.7 Å². The second-order valence-corrected chi connectivity index (χ2v) is 4.88. The summed E-state index contributed by atoms with van der Waals surface area (Å²) < 4.78 is 5.02. The van der Waals surface area contributed by atoms with Crippen LogP contribution in [-0.2, 0) is 14.3 Å². The van der Waals surface area contributed by atoms with Crippen LogP contribution in [0.5, 0.6) is 0 Å². The highest BCUT2D eigenvalue weighted by Gasteiger charge is 2.19. The maximum absolute atomic E-state index is 11.8. The van der Waals surface area contributed by atoms with Crippen LogP contribution in [0.25, 0.3) is 0 Å². The molecule has 1 aliphatic rings. The van der Waals surface area contributed by atoms with Crippen molar-refractivity contribution in [2.24, 2.45) is 0 Å². The smallest absolute Gasteiger partial charge is 0.248 e. The van der Waals surface area contributed by atoms with Gasteiger partial charge >= 0.3 is 0 Å². The van der Waals surface area contributed by atoms with E-state index < -0.39 is 0 Å². The number of carbonyl (C=O) groups excluding carboxylic acids is 2. The third-order valence-corrected chi connectivity index (χ3v) is 3.27. The summed E-state index contributed by atoms with van der Waals surface area (Å²) in [7, 11) is 0. The van der Waals surface area contributed by atoms with Gasteiger partial charge in [0.05, 0.1) is 17.3 Å². The van der Waals surface area contributed by atoms with Gasteiger partial charge in [-0.3, -0.25) is 9.59 Å². The van der Waals surface area contributed by atoms with Crippen LogP contribution in [0.15, 0.2) is 18.2 Å². The number of carbonyl (C=O) groups is 2. The molecule has 7 heteroatoms. The van der Waals surface area contributed by atoms with Crippen molar-refractivity contribution in [2.75, 3.05) is 37.4 Å². The standard InChI is InChI=1S/C13H16ClN3O3/c14-10-7-9(15)1-2-11(10)16-12(18)3-4-17-5-6-20-8-13(17)19/h1-2,7H,3-6,8,15H2,(H,16,18). The van der Waals surface area contributed by atoms with Crippen molar-refractivity contribution in [3.8, 4) is 0 Å². The Morgan fingerprint density at radius 3 is 3.00 bits per heavy atom. The average Bonchev–Trinajstić information content (AvgIpc) is 2.41. The lowest BCUT2D eigenvalue weighted by atomic mass is 10.2. The SMILES string of the molecule is Nc1ccc(NC(=O)CCN2CCOCC2=O)c(Cl)c1. The van der Waals surface area contributed by atoms with E-state index in [2.05, 4.69) is 5.32 Å². The Balaban J connectivity index is 1.84. The van der Waals surface area contributed by atoms with Crippen LogP contribution in [0.3, 0.4) is 0 Å². The third-order valence-electron chi connectivity index (χ3n) is 2.96. The molecule has 1 aliphatic heterocycles. The molecule has 1 saturated heterocycles. The van der Waals surface area contributed by atoms with Crippen LogP contribution in [0.4, 0.5) is 11.4 Å². The van der Waals surface area contributed by atoms with Crippen molar-refractivity contribution in [2.45, 2.75) is 6.42 Å². The molecule has 1 aromatic carbocycles. The number of rotatable bonds is 4. The second kappa shape index (κ2) is 6.58. The zero-order valence-corrected chi connectivity index (χ0v) is 11.7. The Kier molecular flexibility index (Phi) is 4.81. The fourth-order valence-corrected chi connectivity index (χ4v) is 2.10. The minimum Gasteiger partial charge on any atom is -0.399 e. The predicted molar refractivity (Wildman–Crippen MR) is 76.5 cm³/mol. The maximum atomic E-state index is 11.8. The Morgan fingerprint density at radius 2 is 2.30 bits per heavy atom. The number of benzene rings is 1. The summed E-state index contributed by atoms with van der Waals surface area (Å²) in [5.41, 5.74) is 6.62. The molecule has 1 aromatic rings. The van der Waals surface area contributed by atoms with Crippen LogP contribution in [-0.4, -0.2) is 43.0 Å². The van der Waals surface area contributed by atoms with Crippen molar-refractivity contribution >= 4 is 34.8 Å². The van der Waals surface area contributed by atoms with E-state index in [9.17, 15) is 9.59 Å². The van der Waals surface area contributed by atoms with Crippen molar-refractivity contribution < 1.29 is 14.3 Å². The molecule has 3 N–H and O–H groups in total. The molecule has 20 heavy (non-hydrogen) atoms. The van der Waals surface area contributed by atoms with E-state index in [1.807, 2.05) is 0 Å². The Morgan fingerprint density at radius 1 is 1.50 bits per heavy atom. The normalized spacial score (nSPS) is 15.2. The number of ether oxygens (including phenoxy) is 1. The highest BCUT2D eigenvalue weighted by Crippen LogP contribution is 2.24. The number of anilines is 2. The molecule has 1 fully saturated rings. The number of nitrogens with zero attached hydrogens (tertiary/aromatic N) is 1. The highest BCUT2D eigenvalue weighted by atomic mass is 35.5. The maximum Gasteiger partial charge on any atom is 0.248 e. The molecule has 0 saturated carbocycles. The Hall–Kier alpha value is -1.79. The summed E-state index contributed by atoms with van der Waals surface area (Å²) in [5, 5.41) is 3.09. The minimum atomic E-state index is -0.198. The van der Waals surface area contributed by atoms with Crippen LogP contribution in [0.1, 0.15) is 6.42 Å². The molecule has 0 atom stereocenters. The van der Waals surface area contributed by atoms with Crippen molar-refractivity contribution in [1.82, 2.24) is 4.90 Å². The number of nitrogen functional groups attached to an aromatic ring is 1. The summed E-state index contributed by atoms with van der Waals surface area (Å²) in [5.74, 6) is -0.287. The first-order valence-corrected chi connectivity index (χ1v) is 6.64. The zero-order valence-electron chi connectivity index (χ0n) is 10.9. The third kappa shape index (κ3) is 3.85. The van der Waals surface area contributed by atoms with E-state index in [1.54, 1.807) is 23.1 Å². The van der Waals surface area contributed by atoms with Gasteiger partial charge in [0.25, 0.3) is 0 Å². The topological polar surface area (TPSA) is 84.7 Å². The first-order valence-electron chi connectivity index (χ1n) is 6.26. The quantitative estimate of drug-likeness (QED) is 0.815. The fraction of sp³-hybridized carbons (Fsp3) is 0.385.